The first kappa shape index (κ1) is 38.4. The Bertz CT molecular complexity index is 1370. The number of carbonyl (C=O) groups is 5. The van der Waals surface area contributed by atoms with Gasteiger partial charge in [-0.3, -0.25) is 14.4 Å². The highest BCUT2D eigenvalue weighted by molar-refractivity contribution is 5.90. The highest BCUT2D eigenvalue weighted by atomic mass is 19.3. The van der Waals surface area contributed by atoms with Gasteiger partial charge in [-0.2, -0.15) is 8.78 Å². The molecule has 1 unspecified atom stereocenters. The minimum Gasteiger partial charge on any atom is -0.482 e. The van der Waals surface area contributed by atoms with Crippen LogP contribution in [0.4, 0.5) is 13.6 Å². The summed E-state index contributed by atoms with van der Waals surface area (Å²) in [5, 5.41) is 28.8. The van der Waals surface area contributed by atoms with Gasteiger partial charge in [0.15, 0.2) is 6.61 Å². The second-order valence-electron chi connectivity index (χ2n) is 12.0. The Morgan fingerprint density at radius 3 is 2.04 bits per heavy atom. The van der Waals surface area contributed by atoms with Gasteiger partial charge in [0.25, 0.3) is 5.91 Å². The van der Waals surface area contributed by atoms with Gasteiger partial charge in [0, 0.05) is 6.54 Å². The predicted octanol–water partition coefficient (Wildman–Crippen LogP) is 2.16. The number of carboxylic acid groups (broad SMARTS) is 1. The average Bonchev–Trinajstić information content (AvgIpc) is 2.99. The third kappa shape index (κ3) is 13.2. The van der Waals surface area contributed by atoms with Crippen LogP contribution in [-0.2, 0) is 36.9 Å². The number of hydrogen-bond donors (Lipinski definition) is 6. The molecule has 0 spiro atoms. The van der Waals surface area contributed by atoms with Gasteiger partial charge in [-0.1, -0.05) is 56.3 Å². The number of amides is 4. The minimum absolute atomic E-state index is 0.172. The lowest BCUT2D eigenvalue weighted by molar-refractivity contribution is -0.168. The molecule has 15 heteroatoms. The zero-order valence-electron chi connectivity index (χ0n) is 26.8. The molecule has 0 fully saturated rings. The van der Waals surface area contributed by atoms with E-state index < -0.39 is 85.0 Å². The van der Waals surface area contributed by atoms with Crippen molar-refractivity contribution in [2.24, 2.45) is 5.92 Å². The fraction of sp³-hybridized carbons (Fsp3) is 0.469. The van der Waals surface area contributed by atoms with Crippen molar-refractivity contribution in [3.05, 3.63) is 65.7 Å². The van der Waals surface area contributed by atoms with Crippen molar-refractivity contribution in [1.29, 1.82) is 0 Å². The number of carboxylic acids is 1. The maximum absolute atomic E-state index is 15.4. The van der Waals surface area contributed by atoms with E-state index in [1.807, 2.05) is 0 Å². The van der Waals surface area contributed by atoms with Gasteiger partial charge in [0.05, 0.1) is 6.04 Å². The van der Waals surface area contributed by atoms with Crippen molar-refractivity contribution in [1.82, 2.24) is 21.3 Å². The van der Waals surface area contributed by atoms with E-state index in [9.17, 15) is 29.1 Å². The summed E-state index contributed by atoms with van der Waals surface area (Å²) in [6, 6.07) is 10.8. The summed E-state index contributed by atoms with van der Waals surface area (Å²) in [4.78, 5) is 61.3. The van der Waals surface area contributed by atoms with E-state index in [2.05, 4.69) is 21.3 Å². The molecule has 4 amide bonds. The van der Waals surface area contributed by atoms with Crippen molar-refractivity contribution in [3.8, 4) is 5.75 Å². The van der Waals surface area contributed by atoms with Crippen molar-refractivity contribution < 1.29 is 52.4 Å². The lowest BCUT2D eigenvalue weighted by atomic mass is 9.95. The predicted molar refractivity (Wildman–Crippen MR) is 165 cm³/mol. The standard InChI is InChI=1S/C32H42F2N4O9/c1-19(2)26(38-24(39)17-36-30(45)47-31(3,4)5)28(43)37-23(15-20-11-13-22(14-12-20)46-18-25(40)41)27(42)32(33,34)29(44)35-16-21-9-7-6-8-10-21/h6-14,19,23,26-27,42H,15-18H2,1-5H3,(H,35,44)(H,36,45)(H,37,43)(H,38,39)(H,40,41)/t23-,26-,27?/m0/s1. The van der Waals surface area contributed by atoms with Crippen LogP contribution in [0.25, 0.3) is 0 Å². The number of benzene rings is 2. The molecule has 2 aromatic carbocycles. The minimum atomic E-state index is -4.37. The van der Waals surface area contributed by atoms with Crippen LogP contribution < -0.4 is 26.0 Å². The zero-order chi connectivity index (χ0) is 35.4. The molecule has 2 rings (SSSR count). The van der Waals surface area contributed by atoms with E-state index >= 15 is 8.78 Å². The molecular weight excluding hydrogens is 622 g/mol. The molecule has 0 aliphatic carbocycles. The largest absolute Gasteiger partial charge is 0.482 e. The number of rotatable bonds is 16. The van der Waals surface area contributed by atoms with Crippen LogP contribution in [0.5, 0.6) is 5.75 Å². The Morgan fingerprint density at radius 1 is 0.872 bits per heavy atom. The highest BCUT2D eigenvalue weighted by Gasteiger charge is 2.50. The molecule has 6 N–H and O–H groups in total. The Balaban J connectivity index is 2.24. The number of nitrogens with one attached hydrogen (secondary N) is 4. The van der Waals surface area contributed by atoms with E-state index in [0.29, 0.717) is 11.1 Å². The van der Waals surface area contributed by atoms with Crippen LogP contribution in [-0.4, -0.2) is 82.9 Å². The van der Waals surface area contributed by atoms with Crippen LogP contribution >= 0.6 is 0 Å². The molecule has 0 saturated heterocycles. The lowest BCUT2D eigenvalue weighted by Gasteiger charge is -2.31. The van der Waals surface area contributed by atoms with Gasteiger partial charge in [-0.25, -0.2) is 9.59 Å². The monoisotopic (exact) mass is 664 g/mol. The quantitative estimate of drug-likeness (QED) is 0.156. The van der Waals surface area contributed by atoms with Crippen LogP contribution in [0.15, 0.2) is 54.6 Å². The lowest BCUT2D eigenvalue weighted by Crippen LogP contribution is -2.61. The number of ether oxygens (including phenoxy) is 2. The highest BCUT2D eigenvalue weighted by Crippen LogP contribution is 2.25. The van der Waals surface area contributed by atoms with Gasteiger partial charge in [0.2, 0.25) is 11.8 Å². The maximum atomic E-state index is 15.4. The Hall–Kier alpha value is -4.79. The first-order chi connectivity index (χ1) is 21.9. The van der Waals surface area contributed by atoms with Crippen molar-refractivity contribution in [2.45, 2.75) is 77.3 Å². The molecule has 0 aliphatic rings. The van der Waals surface area contributed by atoms with E-state index in [1.165, 1.54) is 24.3 Å². The van der Waals surface area contributed by atoms with E-state index in [-0.39, 0.29) is 12.3 Å². The first-order valence-electron chi connectivity index (χ1n) is 14.8. The van der Waals surface area contributed by atoms with Crippen LogP contribution in [0.1, 0.15) is 45.7 Å². The van der Waals surface area contributed by atoms with E-state index in [4.69, 9.17) is 14.6 Å². The second kappa shape index (κ2) is 17.2. The number of alkyl carbamates (subject to hydrolysis) is 1. The average molecular weight is 665 g/mol. The molecule has 0 radical (unpaired) electrons. The van der Waals surface area contributed by atoms with E-state index in [1.54, 1.807) is 65.0 Å². The molecule has 0 heterocycles. The molecular formula is C32H42F2N4O9. The third-order valence-corrected chi connectivity index (χ3v) is 6.48. The smallest absolute Gasteiger partial charge is 0.408 e. The Kier molecular flexibility index (Phi) is 14.1. The molecule has 3 atom stereocenters. The van der Waals surface area contributed by atoms with Crippen LogP contribution in [0.2, 0.25) is 0 Å². The summed E-state index contributed by atoms with van der Waals surface area (Å²) in [6.07, 6.45) is -3.98. The molecule has 258 valence electrons. The van der Waals surface area contributed by atoms with Crippen molar-refractivity contribution in [3.63, 3.8) is 0 Å². The summed E-state index contributed by atoms with van der Waals surface area (Å²) in [5.74, 6) is -9.46. The molecule has 47 heavy (non-hydrogen) atoms. The third-order valence-electron chi connectivity index (χ3n) is 6.48. The van der Waals surface area contributed by atoms with Crippen molar-refractivity contribution in [2.75, 3.05) is 13.2 Å². The van der Waals surface area contributed by atoms with Crippen LogP contribution in [0.3, 0.4) is 0 Å². The summed E-state index contributed by atoms with van der Waals surface area (Å²) >= 11 is 0. The van der Waals surface area contributed by atoms with Gasteiger partial charge in [-0.05, 0) is 56.4 Å². The second-order valence-corrected chi connectivity index (χ2v) is 12.0. The van der Waals surface area contributed by atoms with Gasteiger partial charge in [-0.15, -0.1) is 0 Å². The summed E-state index contributed by atoms with van der Waals surface area (Å²) < 4.78 is 41.0. The molecule has 2 aromatic rings. The molecule has 0 bridgehead atoms. The number of hydrogen-bond acceptors (Lipinski definition) is 8. The number of aliphatic carboxylic acids is 1. The molecule has 13 nitrogen and oxygen atoms in total. The summed E-state index contributed by atoms with van der Waals surface area (Å²) in [6.45, 7) is 6.66. The Morgan fingerprint density at radius 2 is 1.49 bits per heavy atom. The fourth-order valence-corrected chi connectivity index (χ4v) is 4.14. The normalized spacial score (nSPS) is 13.5. The number of aliphatic hydroxyl groups excluding tert-OH is 1. The van der Waals surface area contributed by atoms with Crippen molar-refractivity contribution >= 4 is 29.8 Å². The molecule has 0 saturated carbocycles. The fourth-order valence-electron chi connectivity index (χ4n) is 4.14. The van der Waals surface area contributed by atoms with E-state index in [0.717, 1.165) is 0 Å². The number of carbonyl (C=O) groups excluding carboxylic acids is 4. The zero-order valence-corrected chi connectivity index (χ0v) is 26.8. The number of aliphatic hydroxyl groups is 1. The molecule has 0 aliphatic heterocycles. The number of alkyl halides is 2. The topological polar surface area (TPSA) is 192 Å². The maximum Gasteiger partial charge on any atom is 0.408 e. The number of halogens is 2. The first-order valence-corrected chi connectivity index (χ1v) is 14.8. The Labute approximate surface area is 271 Å². The SMILES string of the molecule is CC(C)[C@H](NC(=O)CNC(=O)OC(C)(C)C)C(=O)N[C@@H](Cc1ccc(OCC(=O)O)cc1)C(O)C(F)(F)C(=O)NCc1ccccc1. The molecule has 0 aromatic heterocycles. The summed E-state index contributed by atoms with van der Waals surface area (Å²) in [5.41, 5.74) is 0.0467. The van der Waals surface area contributed by atoms with Gasteiger partial charge >= 0.3 is 18.0 Å². The van der Waals surface area contributed by atoms with Crippen LogP contribution in [0, 0.1) is 5.92 Å². The van der Waals surface area contributed by atoms with Gasteiger partial charge < -0.3 is 41.0 Å². The van der Waals surface area contributed by atoms with Gasteiger partial charge in [0.1, 0.15) is 30.0 Å². The summed E-state index contributed by atoms with van der Waals surface area (Å²) in [7, 11) is 0.